The second kappa shape index (κ2) is 6.93. The maximum Gasteiger partial charge on any atom is 0.0541 e. The summed E-state index contributed by atoms with van der Waals surface area (Å²) in [7, 11) is 0. The van der Waals surface area contributed by atoms with Gasteiger partial charge < -0.3 is 9.88 Å². The van der Waals surface area contributed by atoms with E-state index in [0.717, 1.165) is 18.5 Å². The molecule has 0 radical (unpaired) electrons. The molecule has 0 unspecified atom stereocenters. The highest BCUT2D eigenvalue weighted by atomic mass is 15.0. The molecular weight excluding hydrogens is 364 g/mol. The minimum Gasteiger partial charge on any atom is -0.355 e. The Balaban J connectivity index is 1.46. The fourth-order valence-corrected chi connectivity index (χ4v) is 4.68. The number of hydrogen-bond acceptors (Lipinski definition) is 1. The minimum absolute atomic E-state index is 1.08. The number of benzene rings is 4. The van der Waals surface area contributed by atoms with Gasteiger partial charge >= 0.3 is 0 Å². The third-order valence-corrected chi connectivity index (χ3v) is 6.03. The summed E-state index contributed by atoms with van der Waals surface area (Å²) in [4.78, 5) is 0. The van der Waals surface area contributed by atoms with Crippen LogP contribution < -0.4 is 5.32 Å². The van der Waals surface area contributed by atoms with Gasteiger partial charge in [-0.1, -0.05) is 72.8 Å². The van der Waals surface area contributed by atoms with E-state index < -0.39 is 0 Å². The number of nitrogens with one attached hydrogen (secondary N) is 1. The first-order chi connectivity index (χ1) is 14.9. The molecule has 0 bridgehead atoms. The number of aryl methyl sites for hydroxylation is 1. The quantitative estimate of drug-likeness (QED) is 0.347. The summed E-state index contributed by atoms with van der Waals surface area (Å²) >= 11 is 0. The van der Waals surface area contributed by atoms with Crippen molar-refractivity contribution in [1.82, 2.24) is 4.57 Å². The van der Waals surface area contributed by atoms with Crippen LogP contribution in [0.25, 0.3) is 33.2 Å². The van der Waals surface area contributed by atoms with Crippen LogP contribution in [0.4, 0.5) is 5.69 Å². The summed E-state index contributed by atoms with van der Waals surface area (Å²) in [5.74, 6) is 0. The predicted octanol–water partition coefficient (Wildman–Crippen LogP) is 7.18. The summed E-state index contributed by atoms with van der Waals surface area (Å²) in [6.07, 6.45) is 4.50. The highest BCUT2D eigenvalue weighted by Gasteiger charge is 2.14. The van der Waals surface area contributed by atoms with Crippen molar-refractivity contribution in [2.45, 2.75) is 12.8 Å². The lowest BCUT2D eigenvalue weighted by atomic mass is 9.94. The molecule has 1 heterocycles. The van der Waals surface area contributed by atoms with Crippen LogP contribution in [0.1, 0.15) is 17.5 Å². The van der Waals surface area contributed by atoms with E-state index in [1.165, 1.54) is 44.3 Å². The molecule has 4 aromatic carbocycles. The Bertz CT molecular complexity index is 1370. The molecule has 0 aliphatic heterocycles. The Morgan fingerprint density at radius 1 is 0.667 bits per heavy atom. The fraction of sp³-hybridized carbons (Fsp3) is 0.0714. The van der Waals surface area contributed by atoms with Crippen LogP contribution in [0, 0.1) is 0 Å². The third kappa shape index (κ3) is 2.73. The normalized spacial score (nSPS) is 13.3. The predicted molar refractivity (Wildman–Crippen MR) is 127 cm³/mol. The Morgan fingerprint density at radius 2 is 1.37 bits per heavy atom. The first-order valence-corrected chi connectivity index (χ1v) is 10.5. The van der Waals surface area contributed by atoms with E-state index in [2.05, 4.69) is 113 Å². The first kappa shape index (κ1) is 17.1. The van der Waals surface area contributed by atoms with Crippen LogP contribution in [0.5, 0.6) is 0 Å². The maximum absolute atomic E-state index is 3.68. The Kier molecular flexibility index (Phi) is 3.95. The number of aromatic nitrogens is 1. The van der Waals surface area contributed by atoms with Gasteiger partial charge in [-0.25, -0.2) is 0 Å². The van der Waals surface area contributed by atoms with Crippen molar-refractivity contribution >= 4 is 33.2 Å². The van der Waals surface area contributed by atoms with Crippen LogP contribution in [-0.4, -0.2) is 4.57 Å². The van der Waals surface area contributed by atoms with Crippen LogP contribution >= 0.6 is 0 Å². The SMILES string of the molecule is C1=C(Nc2cccc(-n3c4ccccc4c4ccccc43)c2)c2ccccc2CC1. The lowest BCUT2D eigenvalue weighted by molar-refractivity contribution is 0.976. The second-order valence-electron chi connectivity index (χ2n) is 7.86. The van der Waals surface area contributed by atoms with Gasteiger partial charge in [0.05, 0.1) is 11.0 Å². The molecule has 0 fully saturated rings. The molecule has 0 saturated carbocycles. The lowest BCUT2D eigenvalue weighted by Gasteiger charge is -2.20. The van der Waals surface area contributed by atoms with Crippen LogP contribution in [0.3, 0.4) is 0 Å². The Hall–Kier alpha value is -3.78. The van der Waals surface area contributed by atoms with E-state index >= 15 is 0 Å². The van der Waals surface area contributed by atoms with Crippen molar-refractivity contribution in [3.63, 3.8) is 0 Å². The molecule has 0 amide bonds. The lowest BCUT2D eigenvalue weighted by Crippen LogP contribution is -2.07. The number of nitrogens with zero attached hydrogens (tertiary/aromatic N) is 1. The van der Waals surface area contributed by atoms with Crippen molar-refractivity contribution in [2.75, 3.05) is 5.32 Å². The fourth-order valence-electron chi connectivity index (χ4n) is 4.68. The molecule has 1 aromatic heterocycles. The van der Waals surface area contributed by atoms with Crippen LogP contribution in [0.2, 0.25) is 0 Å². The number of rotatable bonds is 3. The number of allylic oxidation sites excluding steroid dienone is 1. The van der Waals surface area contributed by atoms with Crippen molar-refractivity contribution in [2.24, 2.45) is 0 Å². The third-order valence-electron chi connectivity index (χ3n) is 6.03. The van der Waals surface area contributed by atoms with Crippen molar-refractivity contribution in [3.8, 4) is 5.69 Å². The van der Waals surface area contributed by atoms with E-state index in [0.29, 0.717) is 0 Å². The number of anilines is 1. The number of para-hydroxylation sites is 2. The highest BCUT2D eigenvalue weighted by molar-refractivity contribution is 6.09. The number of fused-ring (bicyclic) bond motifs is 4. The van der Waals surface area contributed by atoms with Gasteiger partial charge in [0.15, 0.2) is 0 Å². The molecule has 30 heavy (non-hydrogen) atoms. The monoisotopic (exact) mass is 386 g/mol. The van der Waals surface area contributed by atoms with Gasteiger partial charge in [0.1, 0.15) is 0 Å². The van der Waals surface area contributed by atoms with Gasteiger partial charge in [-0.15, -0.1) is 0 Å². The molecule has 2 nitrogen and oxygen atoms in total. The molecule has 0 spiro atoms. The maximum atomic E-state index is 3.68. The highest BCUT2D eigenvalue weighted by Crippen LogP contribution is 2.33. The van der Waals surface area contributed by atoms with Gasteiger partial charge in [0, 0.05) is 33.4 Å². The van der Waals surface area contributed by atoms with E-state index in [9.17, 15) is 0 Å². The van der Waals surface area contributed by atoms with Crippen molar-refractivity contribution in [1.29, 1.82) is 0 Å². The van der Waals surface area contributed by atoms with Gasteiger partial charge in [-0.05, 0) is 48.7 Å². The zero-order valence-electron chi connectivity index (χ0n) is 16.7. The molecule has 0 atom stereocenters. The molecule has 0 saturated heterocycles. The molecule has 1 aliphatic rings. The Morgan fingerprint density at radius 3 is 2.17 bits per heavy atom. The number of hydrogen-bond donors (Lipinski definition) is 1. The average Bonchev–Trinajstić information content (AvgIpc) is 3.14. The summed E-state index contributed by atoms with van der Waals surface area (Å²) in [5, 5.41) is 6.26. The van der Waals surface area contributed by atoms with E-state index in [-0.39, 0.29) is 0 Å². The van der Waals surface area contributed by atoms with Crippen LogP contribution in [0.15, 0.2) is 103 Å². The molecule has 144 valence electrons. The largest absolute Gasteiger partial charge is 0.355 e. The molecule has 5 aromatic rings. The zero-order chi connectivity index (χ0) is 19.9. The average molecular weight is 386 g/mol. The molecule has 1 aliphatic carbocycles. The summed E-state index contributed by atoms with van der Waals surface area (Å²) < 4.78 is 2.36. The van der Waals surface area contributed by atoms with Crippen molar-refractivity contribution < 1.29 is 0 Å². The van der Waals surface area contributed by atoms with E-state index in [1.807, 2.05) is 0 Å². The summed E-state index contributed by atoms with van der Waals surface area (Å²) in [6.45, 7) is 0. The topological polar surface area (TPSA) is 17.0 Å². The first-order valence-electron chi connectivity index (χ1n) is 10.5. The molecule has 2 heteroatoms. The zero-order valence-corrected chi connectivity index (χ0v) is 16.7. The molecule has 6 rings (SSSR count). The second-order valence-corrected chi connectivity index (χ2v) is 7.86. The van der Waals surface area contributed by atoms with Gasteiger partial charge in [0.2, 0.25) is 0 Å². The Labute approximate surface area is 176 Å². The minimum atomic E-state index is 1.08. The van der Waals surface area contributed by atoms with E-state index in [4.69, 9.17) is 0 Å². The van der Waals surface area contributed by atoms with Gasteiger partial charge in [0.25, 0.3) is 0 Å². The molecular formula is C28H22N2. The van der Waals surface area contributed by atoms with E-state index in [1.54, 1.807) is 0 Å². The standard InChI is InChI=1S/C28H22N2/c1-2-13-23-20(9-1)10-7-16-26(23)29-21-11-8-12-22(19-21)30-27-17-5-3-14-24(27)25-15-4-6-18-28(25)30/h1-6,8-9,11-19,29H,7,10H2. The summed E-state index contributed by atoms with van der Waals surface area (Å²) in [6, 6.07) is 34.7. The summed E-state index contributed by atoms with van der Waals surface area (Å²) in [5.41, 5.74) is 8.68. The van der Waals surface area contributed by atoms with Crippen LogP contribution in [-0.2, 0) is 6.42 Å². The smallest absolute Gasteiger partial charge is 0.0541 e. The molecule has 1 N–H and O–H groups in total. The van der Waals surface area contributed by atoms with Gasteiger partial charge in [-0.3, -0.25) is 0 Å². The van der Waals surface area contributed by atoms with Gasteiger partial charge in [-0.2, -0.15) is 0 Å². The van der Waals surface area contributed by atoms with Crippen molar-refractivity contribution in [3.05, 3.63) is 114 Å².